The average molecular weight is 333 g/mol. The van der Waals surface area contributed by atoms with E-state index in [9.17, 15) is 15.0 Å². The second-order valence-electron chi connectivity index (χ2n) is 4.43. The van der Waals surface area contributed by atoms with Gasteiger partial charge in [0, 0.05) is 18.6 Å². The SMILES string of the molecule is CN1C(=O)/C(=C/c2ccc(O)c(O)c2)S/C1=N/c1nccs1. The Hall–Kier alpha value is -2.32. The summed E-state index contributed by atoms with van der Waals surface area (Å²) in [6.07, 6.45) is 3.30. The highest BCUT2D eigenvalue weighted by Gasteiger charge is 2.30. The summed E-state index contributed by atoms with van der Waals surface area (Å²) in [5, 5.41) is 21.8. The van der Waals surface area contributed by atoms with Gasteiger partial charge in [0.05, 0.1) is 4.91 Å². The molecular formula is C14H11N3O3S2. The average Bonchev–Trinajstić information content (AvgIpc) is 3.08. The van der Waals surface area contributed by atoms with E-state index in [0.717, 1.165) is 0 Å². The molecule has 2 N–H and O–H groups in total. The lowest BCUT2D eigenvalue weighted by Crippen LogP contribution is -2.23. The van der Waals surface area contributed by atoms with Crippen molar-refractivity contribution in [2.75, 3.05) is 7.05 Å². The van der Waals surface area contributed by atoms with E-state index in [1.807, 2.05) is 5.38 Å². The van der Waals surface area contributed by atoms with Gasteiger partial charge >= 0.3 is 0 Å². The fourth-order valence-corrected chi connectivity index (χ4v) is 3.32. The molecule has 112 valence electrons. The highest BCUT2D eigenvalue weighted by atomic mass is 32.2. The molecule has 0 bridgehead atoms. The molecule has 1 saturated heterocycles. The summed E-state index contributed by atoms with van der Waals surface area (Å²) in [7, 11) is 1.65. The first-order valence-electron chi connectivity index (χ1n) is 6.22. The number of hydrogen-bond acceptors (Lipinski definition) is 7. The molecule has 0 atom stereocenters. The van der Waals surface area contributed by atoms with Crippen LogP contribution in [0.5, 0.6) is 11.5 Å². The van der Waals surface area contributed by atoms with Gasteiger partial charge in [-0.1, -0.05) is 6.07 Å². The van der Waals surface area contributed by atoms with Gasteiger partial charge in [-0.15, -0.1) is 11.3 Å². The molecule has 1 aliphatic heterocycles. The van der Waals surface area contributed by atoms with Gasteiger partial charge in [-0.25, -0.2) is 4.98 Å². The molecule has 0 spiro atoms. The number of amides is 1. The Kier molecular flexibility index (Phi) is 3.86. The van der Waals surface area contributed by atoms with Crippen molar-refractivity contribution in [3.8, 4) is 11.5 Å². The van der Waals surface area contributed by atoms with Crippen molar-refractivity contribution < 1.29 is 15.0 Å². The molecule has 1 aliphatic rings. The third-order valence-corrected chi connectivity index (χ3v) is 4.64. The topological polar surface area (TPSA) is 86.0 Å². The Morgan fingerprint density at radius 3 is 2.82 bits per heavy atom. The number of aromatic hydroxyl groups is 2. The number of thioether (sulfide) groups is 1. The van der Waals surface area contributed by atoms with Gasteiger partial charge in [0.15, 0.2) is 16.7 Å². The van der Waals surface area contributed by atoms with Gasteiger partial charge in [-0.05, 0) is 35.5 Å². The molecule has 1 aromatic heterocycles. The number of hydrogen-bond donors (Lipinski definition) is 2. The van der Waals surface area contributed by atoms with Gasteiger partial charge in [-0.3, -0.25) is 9.69 Å². The zero-order chi connectivity index (χ0) is 15.7. The predicted molar refractivity (Wildman–Crippen MR) is 87.3 cm³/mol. The fraction of sp³-hybridized carbons (Fsp3) is 0.0714. The van der Waals surface area contributed by atoms with Crippen LogP contribution in [0, 0.1) is 0 Å². The minimum Gasteiger partial charge on any atom is -0.504 e. The number of benzene rings is 1. The van der Waals surface area contributed by atoms with Crippen molar-refractivity contribution in [3.05, 3.63) is 40.2 Å². The largest absolute Gasteiger partial charge is 0.504 e. The molecule has 8 heteroatoms. The Bertz CT molecular complexity index is 785. The maximum Gasteiger partial charge on any atom is 0.266 e. The van der Waals surface area contributed by atoms with Crippen molar-refractivity contribution in [1.29, 1.82) is 0 Å². The number of carbonyl (C=O) groups excluding carboxylic acids is 1. The molecular weight excluding hydrogens is 322 g/mol. The van der Waals surface area contributed by atoms with Crippen LogP contribution >= 0.6 is 23.1 Å². The van der Waals surface area contributed by atoms with E-state index in [2.05, 4.69) is 9.98 Å². The molecule has 3 rings (SSSR count). The van der Waals surface area contributed by atoms with Crippen molar-refractivity contribution >= 4 is 45.4 Å². The fourth-order valence-electron chi connectivity index (χ4n) is 1.79. The number of amidine groups is 1. The van der Waals surface area contributed by atoms with Crippen LogP contribution in [0.3, 0.4) is 0 Å². The van der Waals surface area contributed by atoms with Gasteiger partial charge in [0.2, 0.25) is 5.13 Å². The Morgan fingerprint density at radius 2 is 2.14 bits per heavy atom. The van der Waals surface area contributed by atoms with Gasteiger partial charge < -0.3 is 10.2 Å². The van der Waals surface area contributed by atoms with Crippen LogP contribution in [0.25, 0.3) is 6.08 Å². The Balaban J connectivity index is 1.90. The number of rotatable bonds is 2. The van der Waals surface area contributed by atoms with Crippen LogP contribution in [-0.2, 0) is 4.79 Å². The Morgan fingerprint density at radius 1 is 1.32 bits per heavy atom. The van der Waals surface area contributed by atoms with Gasteiger partial charge in [0.1, 0.15) is 0 Å². The summed E-state index contributed by atoms with van der Waals surface area (Å²) in [4.78, 5) is 22.6. The quantitative estimate of drug-likeness (QED) is 0.652. The first-order chi connectivity index (χ1) is 10.5. The molecule has 0 radical (unpaired) electrons. The molecule has 2 heterocycles. The van der Waals surface area contributed by atoms with E-state index in [1.165, 1.54) is 40.1 Å². The summed E-state index contributed by atoms with van der Waals surface area (Å²) in [5.74, 6) is -0.599. The van der Waals surface area contributed by atoms with E-state index in [0.29, 0.717) is 20.8 Å². The third kappa shape index (κ3) is 2.83. The summed E-state index contributed by atoms with van der Waals surface area (Å²) < 4.78 is 0. The summed E-state index contributed by atoms with van der Waals surface area (Å²) in [6.45, 7) is 0. The lowest BCUT2D eigenvalue weighted by Gasteiger charge is -2.05. The smallest absolute Gasteiger partial charge is 0.266 e. The van der Waals surface area contributed by atoms with Crippen molar-refractivity contribution in [2.24, 2.45) is 4.99 Å². The van der Waals surface area contributed by atoms with Crippen LogP contribution in [0.15, 0.2) is 39.7 Å². The van der Waals surface area contributed by atoms with E-state index >= 15 is 0 Å². The number of phenols is 2. The summed E-state index contributed by atoms with van der Waals surface area (Å²) >= 11 is 2.63. The zero-order valence-corrected chi connectivity index (χ0v) is 13.1. The minimum absolute atomic E-state index is 0.173. The van der Waals surface area contributed by atoms with Crippen LogP contribution in [0.4, 0.5) is 5.13 Å². The normalized spacial score (nSPS) is 18.6. The van der Waals surface area contributed by atoms with Gasteiger partial charge in [0.25, 0.3) is 5.91 Å². The summed E-state index contributed by atoms with van der Waals surface area (Å²) in [5.41, 5.74) is 0.620. The van der Waals surface area contributed by atoms with E-state index in [1.54, 1.807) is 25.4 Å². The third-order valence-electron chi connectivity index (χ3n) is 2.91. The molecule has 1 amide bonds. The Labute approximate surface area is 134 Å². The highest BCUT2D eigenvalue weighted by Crippen LogP contribution is 2.34. The number of carbonyl (C=O) groups is 1. The predicted octanol–water partition coefficient (Wildman–Crippen LogP) is 2.79. The molecule has 0 aliphatic carbocycles. The highest BCUT2D eigenvalue weighted by molar-refractivity contribution is 8.18. The number of likely N-dealkylation sites (N-methyl/N-ethyl adjacent to an activating group) is 1. The molecule has 6 nitrogen and oxygen atoms in total. The first-order valence-corrected chi connectivity index (χ1v) is 7.92. The number of nitrogens with zero attached hydrogens (tertiary/aromatic N) is 3. The standard InChI is InChI=1S/C14H11N3O3S2/c1-17-12(20)11(7-8-2-3-9(18)10(19)6-8)22-14(17)16-13-15-4-5-21-13/h2-7,18-19H,1H3/b11-7-,16-14+. The molecule has 1 fully saturated rings. The summed E-state index contributed by atoms with van der Waals surface area (Å²) in [6, 6.07) is 4.39. The van der Waals surface area contributed by atoms with Gasteiger partial charge in [-0.2, -0.15) is 4.99 Å². The van der Waals surface area contributed by atoms with Crippen molar-refractivity contribution in [3.63, 3.8) is 0 Å². The van der Waals surface area contributed by atoms with Crippen molar-refractivity contribution in [1.82, 2.24) is 9.88 Å². The first kappa shape index (κ1) is 14.6. The van der Waals surface area contributed by atoms with Crippen molar-refractivity contribution in [2.45, 2.75) is 0 Å². The van der Waals surface area contributed by atoms with Crippen LogP contribution in [0.2, 0.25) is 0 Å². The lowest BCUT2D eigenvalue weighted by molar-refractivity contribution is -0.121. The minimum atomic E-state index is -0.227. The lowest BCUT2D eigenvalue weighted by atomic mass is 10.2. The maximum absolute atomic E-state index is 12.2. The second kappa shape index (κ2) is 5.82. The zero-order valence-electron chi connectivity index (χ0n) is 11.4. The van der Waals surface area contributed by atoms with Crippen LogP contribution in [-0.4, -0.2) is 38.2 Å². The molecule has 1 aromatic carbocycles. The number of thiazole rings is 1. The number of phenolic OH excluding ortho intramolecular Hbond substituents is 2. The molecule has 2 aromatic rings. The number of aromatic nitrogens is 1. The second-order valence-corrected chi connectivity index (χ2v) is 6.31. The van der Waals surface area contributed by atoms with E-state index in [-0.39, 0.29) is 17.4 Å². The molecule has 0 unspecified atom stereocenters. The van der Waals surface area contributed by atoms with E-state index in [4.69, 9.17) is 0 Å². The monoisotopic (exact) mass is 333 g/mol. The molecule has 22 heavy (non-hydrogen) atoms. The maximum atomic E-state index is 12.2. The van der Waals surface area contributed by atoms with E-state index < -0.39 is 0 Å². The molecule has 0 saturated carbocycles. The van der Waals surface area contributed by atoms with Crippen LogP contribution < -0.4 is 0 Å². The van der Waals surface area contributed by atoms with Crippen LogP contribution in [0.1, 0.15) is 5.56 Å². The number of aliphatic imine (C=N–C) groups is 1.